The van der Waals surface area contributed by atoms with Crippen molar-refractivity contribution >= 4 is 17.9 Å². The monoisotopic (exact) mass is 1180 g/mol. The minimum atomic E-state index is -1.52. The van der Waals surface area contributed by atoms with Gasteiger partial charge in [-0.1, -0.05) is 289 Å². The van der Waals surface area contributed by atoms with Crippen LogP contribution >= 0.6 is 0 Å². The highest BCUT2D eigenvalue weighted by Gasteiger charge is 2.25. The first-order valence-corrected chi connectivity index (χ1v) is 34.7. The molecule has 0 aliphatic rings. The third-order valence-corrected chi connectivity index (χ3v) is 14.7. The van der Waals surface area contributed by atoms with E-state index in [2.05, 4.69) is 135 Å². The van der Waals surface area contributed by atoms with Gasteiger partial charge in [0.25, 0.3) is 6.29 Å². The van der Waals surface area contributed by atoms with Crippen molar-refractivity contribution in [2.24, 2.45) is 0 Å². The SMILES string of the molecule is CC/C=C\C/C=C\C/C=C\C/C=C\C/C=C\C/C=C\CCCCCCCCCCCCCCCCCCCCCCCCC(=O)OC(COC(=O)CCCCCCCC/C=C\C/C=C\C/C=C\C/C=C\CC)COC(OCC[N+](C)(C)C)C(=O)O. The Balaban J connectivity index is 4.02. The van der Waals surface area contributed by atoms with Gasteiger partial charge in [0.05, 0.1) is 34.4 Å². The summed E-state index contributed by atoms with van der Waals surface area (Å²) in [6.45, 7) is 4.65. The number of ether oxygens (including phenoxy) is 4. The summed E-state index contributed by atoms with van der Waals surface area (Å²) >= 11 is 0. The minimum absolute atomic E-state index is 0.182. The number of likely N-dealkylation sites (N-methyl/N-ethyl adjacent to an activating group) is 1. The zero-order valence-electron chi connectivity index (χ0n) is 55.5. The quantitative estimate of drug-likeness (QED) is 0.0211. The standard InChI is InChI=1S/C76H129NO8/c1-6-8-10-12-14-16-18-20-22-24-26-27-28-29-30-31-32-33-34-35-36-37-38-39-40-41-42-43-44-45-46-47-49-51-53-55-57-59-61-63-65-67-74(79)85-72(71-84-76(75(80)81)82-69-68-77(3,4)5)70-83-73(78)66-64-62-60-58-56-54-52-50-48-25-23-21-19-17-15-13-11-9-7-2/h8-11,14-17,20-23,26-27,29-30,32-33,48,50,72,76H,6-7,12-13,18-19,24-25,28,31,34-47,49,51-71H2,1-5H3/p+1/b10-8-,11-9-,16-14-,17-15-,22-20-,23-21-,27-26-,30-29-,33-32-,50-48-. The van der Waals surface area contributed by atoms with Crippen LogP contribution in [-0.4, -0.2) is 87.4 Å². The number of hydrogen-bond donors (Lipinski definition) is 1. The average Bonchev–Trinajstić information content (AvgIpc) is 3.49. The first-order valence-electron chi connectivity index (χ1n) is 34.7. The fraction of sp³-hybridized carbons (Fsp3) is 0.697. The topological polar surface area (TPSA) is 108 Å². The second-order valence-corrected chi connectivity index (χ2v) is 24.1. The molecule has 85 heavy (non-hydrogen) atoms. The van der Waals surface area contributed by atoms with Crippen LogP contribution in [0.25, 0.3) is 0 Å². The molecule has 0 fully saturated rings. The van der Waals surface area contributed by atoms with Gasteiger partial charge in [-0.05, 0) is 103 Å². The van der Waals surface area contributed by atoms with E-state index < -0.39 is 24.3 Å². The number of esters is 2. The molecule has 0 saturated heterocycles. The van der Waals surface area contributed by atoms with E-state index in [4.69, 9.17) is 18.9 Å². The molecule has 0 radical (unpaired) electrons. The van der Waals surface area contributed by atoms with Gasteiger partial charge in [-0.3, -0.25) is 9.59 Å². The second kappa shape index (κ2) is 65.7. The fourth-order valence-electron chi connectivity index (χ4n) is 9.48. The van der Waals surface area contributed by atoms with E-state index in [0.717, 1.165) is 116 Å². The van der Waals surface area contributed by atoms with Crippen LogP contribution in [0.2, 0.25) is 0 Å². The van der Waals surface area contributed by atoms with E-state index >= 15 is 0 Å². The maximum absolute atomic E-state index is 12.9. The van der Waals surface area contributed by atoms with Crippen LogP contribution in [0, 0.1) is 0 Å². The molecule has 0 aromatic heterocycles. The van der Waals surface area contributed by atoms with E-state index in [-0.39, 0.29) is 38.6 Å². The lowest BCUT2D eigenvalue weighted by Crippen LogP contribution is -2.40. The van der Waals surface area contributed by atoms with Crippen molar-refractivity contribution in [2.45, 2.75) is 296 Å². The highest BCUT2D eigenvalue weighted by Crippen LogP contribution is 2.17. The lowest BCUT2D eigenvalue weighted by molar-refractivity contribution is -0.870. The van der Waals surface area contributed by atoms with Gasteiger partial charge < -0.3 is 28.5 Å². The molecule has 0 aromatic carbocycles. The molecule has 0 heterocycles. The Morgan fingerprint density at radius 3 is 0.941 bits per heavy atom. The lowest BCUT2D eigenvalue weighted by atomic mass is 10.0. The molecule has 9 heteroatoms. The number of rotatable bonds is 63. The predicted molar refractivity (Wildman–Crippen MR) is 364 cm³/mol. The number of quaternary nitrogens is 1. The van der Waals surface area contributed by atoms with Crippen LogP contribution in [-0.2, 0) is 33.3 Å². The van der Waals surface area contributed by atoms with Crippen LogP contribution in [0.5, 0.6) is 0 Å². The Kier molecular flexibility index (Phi) is 62.3. The van der Waals surface area contributed by atoms with Crippen molar-refractivity contribution < 1.29 is 42.9 Å². The third-order valence-electron chi connectivity index (χ3n) is 14.7. The Hall–Kier alpha value is -4.31. The van der Waals surface area contributed by atoms with Crippen molar-refractivity contribution in [3.8, 4) is 0 Å². The molecular formula is C76H130NO8+. The number of hydrogen-bond acceptors (Lipinski definition) is 7. The van der Waals surface area contributed by atoms with Gasteiger partial charge in [0, 0.05) is 12.8 Å². The molecule has 2 unspecified atom stereocenters. The average molecular weight is 1190 g/mol. The molecule has 0 rings (SSSR count). The molecule has 0 aromatic rings. The molecule has 486 valence electrons. The van der Waals surface area contributed by atoms with Crippen molar-refractivity contribution in [3.05, 3.63) is 122 Å². The summed E-state index contributed by atoms with van der Waals surface area (Å²) in [6, 6.07) is 0. The molecule has 0 saturated carbocycles. The van der Waals surface area contributed by atoms with E-state index in [1.807, 2.05) is 21.1 Å². The summed E-state index contributed by atoms with van der Waals surface area (Å²) < 4.78 is 22.9. The normalized spacial score (nSPS) is 13.5. The summed E-state index contributed by atoms with van der Waals surface area (Å²) in [4.78, 5) is 37.6. The van der Waals surface area contributed by atoms with E-state index in [0.29, 0.717) is 11.0 Å². The highest BCUT2D eigenvalue weighted by atomic mass is 16.7. The van der Waals surface area contributed by atoms with E-state index in [1.165, 1.54) is 141 Å². The molecule has 9 nitrogen and oxygen atoms in total. The van der Waals surface area contributed by atoms with Gasteiger partial charge in [-0.2, -0.15) is 0 Å². The molecule has 1 N–H and O–H groups in total. The largest absolute Gasteiger partial charge is 0.477 e. The number of unbranched alkanes of at least 4 members (excludes halogenated alkanes) is 28. The van der Waals surface area contributed by atoms with Crippen LogP contribution in [0.4, 0.5) is 0 Å². The van der Waals surface area contributed by atoms with Crippen molar-refractivity contribution in [1.29, 1.82) is 0 Å². The Morgan fingerprint density at radius 1 is 0.353 bits per heavy atom. The summed E-state index contributed by atoms with van der Waals surface area (Å²) in [5.74, 6) is -2.02. The number of nitrogens with zero attached hydrogens (tertiary/aromatic N) is 1. The van der Waals surface area contributed by atoms with Gasteiger partial charge in [-0.15, -0.1) is 0 Å². The smallest absolute Gasteiger partial charge is 0.361 e. The zero-order chi connectivity index (χ0) is 61.9. The van der Waals surface area contributed by atoms with E-state index in [1.54, 1.807) is 0 Å². The first kappa shape index (κ1) is 80.7. The van der Waals surface area contributed by atoms with Crippen LogP contribution in [0.15, 0.2) is 122 Å². The molecule has 2 atom stereocenters. The third kappa shape index (κ3) is 67.1. The first-order chi connectivity index (χ1) is 41.6. The predicted octanol–water partition coefficient (Wildman–Crippen LogP) is 21.6. The lowest BCUT2D eigenvalue weighted by Gasteiger charge is -2.25. The van der Waals surface area contributed by atoms with Gasteiger partial charge in [0.1, 0.15) is 13.2 Å². The number of allylic oxidation sites excluding steroid dienone is 20. The van der Waals surface area contributed by atoms with Crippen LogP contribution in [0.1, 0.15) is 284 Å². The molecule has 0 aliphatic carbocycles. The van der Waals surface area contributed by atoms with E-state index in [9.17, 15) is 19.5 Å². The van der Waals surface area contributed by atoms with Gasteiger partial charge in [0.15, 0.2) is 6.10 Å². The maximum Gasteiger partial charge on any atom is 0.361 e. The zero-order valence-corrected chi connectivity index (χ0v) is 55.5. The van der Waals surface area contributed by atoms with Crippen molar-refractivity contribution in [3.63, 3.8) is 0 Å². The summed E-state index contributed by atoms with van der Waals surface area (Å²) in [5, 5.41) is 9.73. The molecule has 0 amide bonds. The molecule has 0 aliphatic heterocycles. The number of carboxylic acids is 1. The number of carboxylic acid groups (broad SMARTS) is 1. The van der Waals surface area contributed by atoms with Gasteiger partial charge >= 0.3 is 17.9 Å². The maximum atomic E-state index is 12.9. The Labute approximate surface area is 523 Å². The van der Waals surface area contributed by atoms with Gasteiger partial charge in [-0.25, -0.2) is 4.79 Å². The summed E-state index contributed by atoms with van der Waals surface area (Å²) in [7, 11) is 5.97. The Bertz CT molecular complexity index is 1810. The molecule has 0 bridgehead atoms. The van der Waals surface area contributed by atoms with Crippen molar-refractivity contribution in [1.82, 2.24) is 0 Å². The Morgan fingerprint density at radius 2 is 0.635 bits per heavy atom. The summed E-state index contributed by atoms with van der Waals surface area (Å²) in [6.07, 6.45) is 90.4. The fourth-order valence-corrected chi connectivity index (χ4v) is 9.48. The highest BCUT2D eigenvalue weighted by molar-refractivity contribution is 5.71. The van der Waals surface area contributed by atoms with Crippen molar-refractivity contribution in [2.75, 3.05) is 47.5 Å². The number of carbonyl (C=O) groups excluding carboxylic acids is 2. The second-order valence-electron chi connectivity index (χ2n) is 24.1. The number of aliphatic carboxylic acids is 1. The molecule has 0 spiro atoms. The van der Waals surface area contributed by atoms with Gasteiger partial charge in [0.2, 0.25) is 0 Å². The summed E-state index contributed by atoms with van der Waals surface area (Å²) in [5.41, 5.74) is 0. The number of carbonyl (C=O) groups is 3. The van der Waals surface area contributed by atoms with Crippen LogP contribution < -0.4 is 0 Å². The minimum Gasteiger partial charge on any atom is -0.477 e. The van der Waals surface area contributed by atoms with Crippen LogP contribution in [0.3, 0.4) is 0 Å². The molecular weight excluding hydrogens is 1050 g/mol.